The fourth-order valence-corrected chi connectivity index (χ4v) is 2.44. The van der Waals surface area contributed by atoms with E-state index in [1.165, 1.54) is 4.90 Å². The van der Waals surface area contributed by atoms with E-state index in [2.05, 4.69) is 0 Å². The lowest BCUT2D eigenvalue weighted by Gasteiger charge is -2.38. The second-order valence-electron chi connectivity index (χ2n) is 5.39. The number of primary amides is 1. The van der Waals surface area contributed by atoms with E-state index in [-0.39, 0.29) is 17.9 Å². The molecule has 1 rings (SSSR count). The van der Waals surface area contributed by atoms with Crippen molar-refractivity contribution in [3.8, 4) is 0 Å². The highest BCUT2D eigenvalue weighted by Crippen LogP contribution is 2.32. The van der Waals surface area contributed by atoms with Gasteiger partial charge in [-0.1, -0.05) is 0 Å². The number of nitrogens with zero attached hydrogens (tertiary/aromatic N) is 1. The molecule has 1 aliphatic rings. The molecule has 0 saturated heterocycles. The highest BCUT2D eigenvalue weighted by molar-refractivity contribution is 5.77. The van der Waals surface area contributed by atoms with Gasteiger partial charge in [0.25, 0.3) is 0 Å². The Bertz CT molecular complexity index is 296. The van der Waals surface area contributed by atoms with Crippen LogP contribution in [0.25, 0.3) is 0 Å². The van der Waals surface area contributed by atoms with E-state index in [1.807, 2.05) is 20.8 Å². The molecule has 2 atom stereocenters. The molecule has 0 aromatic rings. The Morgan fingerprint density at radius 2 is 1.88 bits per heavy atom. The Morgan fingerprint density at radius 3 is 2.19 bits per heavy atom. The normalized spacial score (nSPS) is 25.4. The fourth-order valence-electron chi connectivity index (χ4n) is 2.44. The minimum Gasteiger partial charge on any atom is -0.465 e. The van der Waals surface area contributed by atoms with E-state index in [9.17, 15) is 14.7 Å². The zero-order valence-electron chi connectivity index (χ0n) is 10.1. The average Bonchev–Trinajstić information content (AvgIpc) is 2.49. The van der Waals surface area contributed by atoms with Gasteiger partial charge in [0.15, 0.2) is 0 Å². The predicted octanol–water partition coefficient (Wildman–Crippen LogP) is 1.42. The van der Waals surface area contributed by atoms with Crippen LogP contribution in [0.3, 0.4) is 0 Å². The number of rotatable bonds is 2. The highest BCUT2D eigenvalue weighted by atomic mass is 16.4. The fraction of sp³-hybridized carbons (Fsp3) is 0.818. The molecule has 1 fully saturated rings. The largest absolute Gasteiger partial charge is 0.465 e. The first-order valence-corrected chi connectivity index (χ1v) is 5.55. The summed E-state index contributed by atoms with van der Waals surface area (Å²) in [4.78, 5) is 23.7. The van der Waals surface area contributed by atoms with Crippen molar-refractivity contribution in [1.29, 1.82) is 0 Å². The molecule has 5 nitrogen and oxygen atoms in total. The van der Waals surface area contributed by atoms with Crippen molar-refractivity contribution in [1.82, 2.24) is 4.90 Å². The summed E-state index contributed by atoms with van der Waals surface area (Å²) in [5, 5.41) is 9.20. The molecular weight excluding hydrogens is 208 g/mol. The van der Waals surface area contributed by atoms with E-state index in [0.29, 0.717) is 12.8 Å². The van der Waals surface area contributed by atoms with Crippen LogP contribution in [0.5, 0.6) is 0 Å². The minimum absolute atomic E-state index is 0.0880. The molecule has 0 radical (unpaired) electrons. The smallest absolute Gasteiger partial charge is 0.407 e. The van der Waals surface area contributed by atoms with Gasteiger partial charge in [0.05, 0.1) is 0 Å². The lowest BCUT2D eigenvalue weighted by Crippen LogP contribution is -2.50. The molecule has 3 N–H and O–H groups in total. The first kappa shape index (κ1) is 12.8. The number of hydrogen-bond donors (Lipinski definition) is 2. The summed E-state index contributed by atoms with van der Waals surface area (Å²) in [6.07, 6.45) is 1.04. The second kappa shape index (κ2) is 4.31. The first-order valence-electron chi connectivity index (χ1n) is 5.55. The zero-order chi connectivity index (χ0) is 12.5. The Kier molecular flexibility index (Phi) is 3.45. The lowest BCUT2D eigenvalue weighted by atomic mass is 10.0. The van der Waals surface area contributed by atoms with Gasteiger partial charge in [0.1, 0.15) is 0 Å². The third-order valence-corrected chi connectivity index (χ3v) is 3.10. The third kappa shape index (κ3) is 2.65. The maximum Gasteiger partial charge on any atom is 0.407 e. The summed E-state index contributed by atoms with van der Waals surface area (Å²) in [6, 6.07) is -0.0880. The summed E-state index contributed by atoms with van der Waals surface area (Å²) < 4.78 is 0. The number of carboxylic acid groups (broad SMARTS) is 1. The molecule has 0 aromatic carbocycles. The van der Waals surface area contributed by atoms with Crippen LogP contribution in [0.15, 0.2) is 0 Å². The summed E-state index contributed by atoms with van der Waals surface area (Å²) in [5.41, 5.74) is 4.80. The van der Waals surface area contributed by atoms with Gasteiger partial charge in [-0.05, 0) is 40.0 Å². The summed E-state index contributed by atoms with van der Waals surface area (Å²) in [5.74, 6) is -0.490. The Labute approximate surface area is 95.6 Å². The first-order chi connectivity index (χ1) is 7.23. The van der Waals surface area contributed by atoms with Crippen molar-refractivity contribution >= 4 is 12.0 Å². The van der Waals surface area contributed by atoms with Crippen LogP contribution in [-0.2, 0) is 4.79 Å². The number of carbonyl (C=O) groups is 2. The van der Waals surface area contributed by atoms with Gasteiger partial charge in [-0.2, -0.15) is 0 Å². The molecule has 1 saturated carbocycles. The van der Waals surface area contributed by atoms with Crippen molar-refractivity contribution in [3.05, 3.63) is 0 Å². The van der Waals surface area contributed by atoms with E-state index in [1.54, 1.807) is 0 Å². The molecule has 0 aliphatic heterocycles. The van der Waals surface area contributed by atoms with Crippen molar-refractivity contribution in [2.45, 2.75) is 51.6 Å². The van der Waals surface area contributed by atoms with E-state index in [4.69, 9.17) is 5.73 Å². The Balaban J connectivity index is 2.76. The van der Waals surface area contributed by atoms with Gasteiger partial charge < -0.3 is 15.7 Å². The average molecular weight is 228 g/mol. The van der Waals surface area contributed by atoms with Crippen LogP contribution >= 0.6 is 0 Å². The molecule has 0 heterocycles. The monoisotopic (exact) mass is 228 g/mol. The highest BCUT2D eigenvalue weighted by Gasteiger charge is 2.39. The second-order valence-corrected chi connectivity index (χ2v) is 5.39. The molecule has 0 bridgehead atoms. The molecule has 0 unspecified atom stereocenters. The van der Waals surface area contributed by atoms with Crippen LogP contribution in [-0.4, -0.2) is 33.6 Å². The van der Waals surface area contributed by atoms with Crippen molar-refractivity contribution in [2.75, 3.05) is 0 Å². The van der Waals surface area contributed by atoms with Crippen molar-refractivity contribution < 1.29 is 14.7 Å². The zero-order valence-corrected chi connectivity index (χ0v) is 10.1. The number of amides is 2. The lowest BCUT2D eigenvalue weighted by molar-refractivity contribution is -0.121. The van der Waals surface area contributed by atoms with Crippen LogP contribution in [0.4, 0.5) is 4.79 Å². The molecule has 0 aromatic heterocycles. The minimum atomic E-state index is -0.928. The molecule has 0 spiro atoms. The van der Waals surface area contributed by atoms with Gasteiger partial charge >= 0.3 is 6.09 Å². The molecule has 2 amide bonds. The van der Waals surface area contributed by atoms with Crippen LogP contribution < -0.4 is 5.73 Å². The molecule has 16 heavy (non-hydrogen) atoms. The topological polar surface area (TPSA) is 83.6 Å². The molecule has 5 heteroatoms. The maximum absolute atomic E-state index is 11.2. The van der Waals surface area contributed by atoms with Gasteiger partial charge in [0.2, 0.25) is 5.91 Å². The number of hydrogen-bond acceptors (Lipinski definition) is 2. The van der Waals surface area contributed by atoms with E-state index >= 15 is 0 Å². The Hall–Kier alpha value is -1.26. The van der Waals surface area contributed by atoms with E-state index in [0.717, 1.165) is 6.42 Å². The number of nitrogens with two attached hydrogens (primary N) is 1. The third-order valence-electron chi connectivity index (χ3n) is 3.10. The van der Waals surface area contributed by atoms with Gasteiger partial charge in [0, 0.05) is 17.5 Å². The van der Waals surface area contributed by atoms with Gasteiger partial charge in [-0.3, -0.25) is 4.79 Å². The standard InChI is InChI=1S/C11H20N2O3/c1-11(2,3)13(10(15)16)8-5-4-7(6-8)9(12)14/h7-8H,4-6H2,1-3H3,(H2,12,14)(H,15,16)/t7-,8+/m1/s1. The maximum atomic E-state index is 11.2. The molecule has 1 aliphatic carbocycles. The summed E-state index contributed by atoms with van der Waals surface area (Å²) >= 11 is 0. The molecular formula is C11H20N2O3. The summed E-state index contributed by atoms with van der Waals surface area (Å²) in [6.45, 7) is 5.58. The van der Waals surface area contributed by atoms with Crippen molar-refractivity contribution in [2.24, 2.45) is 11.7 Å². The summed E-state index contributed by atoms with van der Waals surface area (Å²) in [7, 11) is 0. The van der Waals surface area contributed by atoms with Crippen LogP contribution in [0.1, 0.15) is 40.0 Å². The van der Waals surface area contributed by atoms with Crippen LogP contribution in [0.2, 0.25) is 0 Å². The van der Waals surface area contributed by atoms with Gasteiger partial charge in [-0.25, -0.2) is 4.79 Å². The Morgan fingerprint density at radius 1 is 1.31 bits per heavy atom. The van der Waals surface area contributed by atoms with Crippen LogP contribution in [0, 0.1) is 5.92 Å². The van der Waals surface area contributed by atoms with Gasteiger partial charge in [-0.15, -0.1) is 0 Å². The number of carbonyl (C=O) groups excluding carboxylic acids is 1. The van der Waals surface area contributed by atoms with Crippen molar-refractivity contribution in [3.63, 3.8) is 0 Å². The molecule has 92 valence electrons. The predicted molar refractivity (Wildman–Crippen MR) is 59.9 cm³/mol. The quantitative estimate of drug-likeness (QED) is 0.749. The SMILES string of the molecule is CC(C)(C)N(C(=O)O)[C@H]1CC[C@@H](C(N)=O)C1. The van der Waals surface area contributed by atoms with E-state index < -0.39 is 11.6 Å².